The van der Waals surface area contributed by atoms with Crippen LogP contribution in [-0.2, 0) is 31.6 Å². The van der Waals surface area contributed by atoms with Crippen molar-refractivity contribution in [2.75, 3.05) is 26.2 Å². The topological polar surface area (TPSA) is 63.2 Å². The number of hydrogen-bond acceptors (Lipinski definition) is 7. The Kier molecular flexibility index (Phi) is 9.63. The SMILES string of the molecule is COc1ccc(CO[C@H]2[C@@H]3OCC=CC[C@@H]3O[C@H](CC(SC)S(C)=O)[C@H]2Oc2cccc3ccccc23)cc1. The van der Waals surface area contributed by atoms with E-state index in [2.05, 4.69) is 24.3 Å². The van der Waals surface area contributed by atoms with E-state index in [-0.39, 0.29) is 22.9 Å². The third-order valence-electron chi connectivity index (χ3n) is 7.32. The van der Waals surface area contributed by atoms with Gasteiger partial charge in [-0.2, -0.15) is 0 Å². The van der Waals surface area contributed by atoms with Gasteiger partial charge in [-0.05, 0) is 41.8 Å². The van der Waals surface area contributed by atoms with Crippen molar-refractivity contribution in [1.82, 2.24) is 0 Å². The first-order valence-electron chi connectivity index (χ1n) is 13.2. The number of fused-ring (bicyclic) bond motifs is 2. The highest BCUT2D eigenvalue weighted by Crippen LogP contribution is 2.37. The fourth-order valence-corrected chi connectivity index (χ4v) is 7.21. The summed E-state index contributed by atoms with van der Waals surface area (Å²) in [6.07, 6.45) is 7.50. The maximum atomic E-state index is 12.6. The van der Waals surface area contributed by atoms with E-state index < -0.39 is 23.0 Å². The zero-order valence-electron chi connectivity index (χ0n) is 22.6. The van der Waals surface area contributed by atoms with Gasteiger partial charge in [-0.15, -0.1) is 11.8 Å². The van der Waals surface area contributed by atoms with Crippen LogP contribution < -0.4 is 9.47 Å². The molecule has 1 fully saturated rings. The lowest BCUT2D eigenvalue weighted by molar-refractivity contribution is -0.239. The number of ether oxygens (including phenoxy) is 5. The molecular weight excluding hydrogens is 532 g/mol. The minimum Gasteiger partial charge on any atom is -0.497 e. The second kappa shape index (κ2) is 13.3. The Labute approximate surface area is 237 Å². The van der Waals surface area contributed by atoms with Gasteiger partial charge < -0.3 is 23.7 Å². The second-order valence-corrected chi connectivity index (χ2v) is 12.7. The summed E-state index contributed by atoms with van der Waals surface area (Å²) in [6, 6.07) is 22.1. The number of benzene rings is 3. The summed E-state index contributed by atoms with van der Waals surface area (Å²) >= 11 is 1.60. The Balaban J connectivity index is 1.50. The Hall–Kier alpha value is -2.36. The molecule has 0 bridgehead atoms. The molecule has 208 valence electrons. The van der Waals surface area contributed by atoms with Crippen LogP contribution >= 0.6 is 11.8 Å². The van der Waals surface area contributed by atoms with Crippen LogP contribution in [0.25, 0.3) is 10.8 Å². The van der Waals surface area contributed by atoms with Crippen LogP contribution in [0.3, 0.4) is 0 Å². The highest BCUT2D eigenvalue weighted by Gasteiger charge is 2.49. The third-order valence-corrected chi connectivity index (χ3v) is 10.4. The summed E-state index contributed by atoms with van der Waals surface area (Å²) in [6.45, 7) is 0.882. The van der Waals surface area contributed by atoms with Crippen LogP contribution in [0.5, 0.6) is 11.5 Å². The predicted molar refractivity (Wildman–Crippen MR) is 158 cm³/mol. The Morgan fingerprint density at radius 1 is 1.03 bits per heavy atom. The predicted octanol–water partition coefficient (Wildman–Crippen LogP) is 5.75. The molecule has 2 unspecified atom stereocenters. The van der Waals surface area contributed by atoms with Gasteiger partial charge in [0.2, 0.25) is 0 Å². The average molecular weight is 569 g/mol. The quantitative estimate of drug-likeness (QED) is 0.289. The molecule has 3 aromatic rings. The van der Waals surface area contributed by atoms with E-state index in [4.69, 9.17) is 23.7 Å². The second-order valence-electron chi connectivity index (χ2n) is 9.80. The van der Waals surface area contributed by atoms with Gasteiger partial charge in [-0.1, -0.05) is 60.7 Å². The normalized spacial score (nSPS) is 26.4. The van der Waals surface area contributed by atoms with Crippen molar-refractivity contribution in [3.8, 4) is 11.5 Å². The zero-order chi connectivity index (χ0) is 27.2. The Morgan fingerprint density at radius 3 is 2.59 bits per heavy atom. The van der Waals surface area contributed by atoms with Crippen LogP contribution in [0.4, 0.5) is 0 Å². The van der Waals surface area contributed by atoms with Crippen molar-refractivity contribution >= 4 is 33.3 Å². The molecule has 0 aliphatic carbocycles. The standard InChI is InChI=1S/C31H36O6S2/c1-33-23-16-14-21(15-17-23)20-35-31-29-26(12-6-7-18-34-29)36-27(19-28(38-2)39(3)32)30(31)37-25-13-8-10-22-9-4-5-11-24(22)25/h4-11,13-17,26-31H,12,18-20H2,1-3H3/t26-,27+,28?,29+,30+,31-,39?/m0/s1. The Morgan fingerprint density at radius 2 is 1.82 bits per heavy atom. The fraction of sp³-hybridized carbons (Fsp3) is 0.419. The first kappa shape index (κ1) is 28.2. The Bertz CT molecular complexity index is 1270. The number of thioether (sulfide) groups is 1. The van der Waals surface area contributed by atoms with Crippen molar-refractivity contribution < 1.29 is 27.9 Å². The zero-order valence-corrected chi connectivity index (χ0v) is 24.2. The molecule has 8 heteroatoms. The van der Waals surface area contributed by atoms with E-state index >= 15 is 0 Å². The van der Waals surface area contributed by atoms with Crippen molar-refractivity contribution in [3.63, 3.8) is 0 Å². The molecule has 6 nitrogen and oxygen atoms in total. The molecule has 0 aromatic heterocycles. The maximum absolute atomic E-state index is 12.6. The first-order valence-corrected chi connectivity index (χ1v) is 16.1. The molecule has 0 radical (unpaired) electrons. The summed E-state index contributed by atoms with van der Waals surface area (Å²) in [5.41, 5.74) is 1.03. The molecule has 39 heavy (non-hydrogen) atoms. The lowest BCUT2D eigenvalue weighted by Crippen LogP contribution is -2.61. The van der Waals surface area contributed by atoms with Crippen molar-refractivity contribution in [3.05, 3.63) is 84.4 Å². The smallest absolute Gasteiger partial charge is 0.154 e. The molecule has 0 spiro atoms. The molecule has 3 aromatic carbocycles. The molecule has 0 N–H and O–H groups in total. The minimum absolute atomic E-state index is 0.0883. The molecule has 0 amide bonds. The largest absolute Gasteiger partial charge is 0.497 e. The van der Waals surface area contributed by atoms with Crippen LogP contribution in [0.2, 0.25) is 0 Å². The average Bonchev–Trinajstić information content (AvgIpc) is 3.21. The van der Waals surface area contributed by atoms with E-state index in [1.165, 1.54) is 0 Å². The van der Waals surface area contributed by atoms with Crippen LogP contribution in [0.15, 0.2) is 78.9 Å². The van der Waals surface area contributed by atoms with Gasteiger partial charge in [-0.3, -0.25) is 4.21 Å². The molecule has 7 atom stereocenters. The van der Waals surface area contributed by atoms with E-state index in [1.807, 2.05) is 60.9 Å². The maximum Gasteiger partial charge on any atom is 0.154 e. The molecule has 5 rings (SSSR count). The highest BCUT2D eigenvalue weighted by atomic mass is 32.2. The van der Waals surface area contributed by atoms with Crippen LogP contribution in [0.1, 0.15) is 18.4 Å². The van der Waals surface area contributed by atoms with Gasteiger partial charge >= 0.3 is 0 Å². The van der Waals surface area contributed by atoms with Crippen molar-refractivity contribution in [2.24, 2.45) is 0 Å². The summed E-state index contributed by atoms with van der Waals surface area (Å²) in [4.78, 5) is 0. The minimum atomic E-state index is -1.02. The van der Waals surface area contributed by atoms with E-state index in [0.717, 1.165) is 34.3 Å². The summed E-state index contributed by atoms with van der Waals surface area (Å²) < 4.78 is 44.4. The molecule has 2 aliphatic heterocycles. The first-order chi connectivity index (χ1) is 19.1. The summed E-state index contributed by atoms with van der Waals surface area (Å²) in [5, 5.41) is 2.13. The third kappa shape index (κ3) is 6.69. The molecular formula is C31H36O6S2. The van der Waals surface area contributed by atoms with Gasteiger partial charge in [0, 0.05) is 28.9 Å². The van der Waals surface area contributed by atoms with Gasteiger partial charge in [-0.25, -0.2) is 0 Å². The van der Waals surface area contributed by atoms with Gasteiger partial charge in [0.05, 0.1) is 37.1 Å². The van der Waals surface area contributed by atoms with Gasteiger partial charge in [0.1, 0.15) is 23.7 Å². The lowest BCUT2D eigenvalue weighted by atomic mass is 9.91. The van der Waals surface area contributed by atoms with Crippen LogP contribution in [0, 0.1) is 0 Å². The molecule has 2 heterocycles. The molecule has 2 aliphatic rings. The fourth-order valence-electron chi connectivity index (χ4n) is 5.28. The number of methoxy groups -OCH3 is 1. The lowest BCUT2D eigenvalue weighted by Gasteiger charge is -2.46. The van der Waals surface area contributed by atoms with E-state index in [9.17, 15) is 4.21 Å². The highest BCUT2D eigenvalue weighted by molar-refractivity contribution is 8.10. The van der Waals surface area contributed by atoms with Crippen LogP contribution in [-0.4, -0.2) is 65.5 Å². The monoisotopic (exact) mass is 568 g/mol. The number of hydrogen-bond donors (Lipinski definition) is 0. The van der Waals surface area contributed by atoms with E-state index in [1.54, 1.807) is 25.1 Å². The van der Waals surface area contributed by atoms with Gasteiger partial charge in [0.25, 0.3) is 0 Å². The van der Waals surface area contributed by atoms with E-state index in [0.29, 0.717) is 19.6 Å². The molecule has 0 saturated carbocycles. The van der Waals surface area contributed by atoms with Crippen molar-refractivity contribution in [1.29, 1.82) is 0 Å². The number of rotatable bonds is 10. The summed E-state index contributed by atoms with van der Waals surface area (Å²) in [5.74, 6) is 1.57. The van der Waals surface area contributed by atoms with Gasteiger partial charge in [0.15, 0.2) is 6.10 Å². The van der Waals surface area contributed by atoms with Crippen molar-refractivity contribution in [2.45, 2.75) is 54.6 Å². The molecule has 1 saturated heterocycles. The summed E-state index contributed by atoms with van der Waals surface area (Å²) in [7, 11) is 0.638.